The number of hydrogen-bond donors (Lipinski definition) is 1. The number of ether oxygens (including phenoxy) is 1. The van der Waals surface area contributed by atoms with Crippen LogP contribution in [0.3, 0.4) is 0 Å². The van der Waals surface area contributed by atoms with Gasteiger partial charge in [0.05, 0.1) is 10.4 Å². The molecule has 100 valence electrons. The summed E-state index contributed by atoms with van der Waals surface area (Å²) in [5.41, 5.74) is 2.26. The number of halogens is 1. The SMILES string of the molecule is OC1CCCc2ccc(OCc3ccc(Cl)s3)cc21. The van der Waals surface area contributed by atoms with E-state index in [1.54, 1.807) is 0 Å². The van der Waals surface area contributed by atoms with Crippen LogP contribution in [-0.4, -0.2) is 5.11 Å². The van der Waals surface area contributed by atoms with Gasteiger partial charge in [0.2, 0.25) is 0 Å². The maximum atomic E-state index is 10.0. The second-order valence-electron chi connectivity index (χ2n) is 4.76. The molecular formula is C15H15ClO2S. The zero-order valence-electron chi connectivity index (χ0n) is 10.4. The Hall–Kier alpha value is -1.03. The Morgan fingerprint density at radius 2 is 2.21 bits per heavy atom. The summed E-state index contributed by atoms with van der Waals surface area (Å²) in [4.78, 5) is 1.10. The van der Waals surface area contributed by atoms with Gasteiger partial charge in [0.1, 0.15) is 12.4 Å². The van der Waals surface area contributed by atoms with Gasteiger partial charge >= 0.3 is 0 Å². The van der Waals surface area contributed by atoms with Crippen LogP contribution in [0.5, 0.6) is 5.75 Å². The van der Waals surface area contributed by atoms with Crippen LogP contribution in [0.25, 0.3) is 0 Å². The Kier molecular flexibility index (Phi) is 3.78. The number of rotatable bonds is 3. The molecule has 1 unspecified atom stereocenters. The number of aryl methyl sites for hydroxylation is 1. The first-order valence-electron chi connectivity index (χ1n) is 6.40. The van der Waals surface area contributed by atoms with E-state index in [4.69, 9.17) is 16.3 Å². The van der Waals surface area contributed by atoms with E-state index in [2.05, 4.69) is 6.07 Å². The third kappa shape index (κ3) is 2.94. The van der Waals surface area contributed by atoms with Gasteiger partial charge in [-0.25, -0.2) is 0 Å². The van der Waals surface area contributed by atoms with Crippen LogP contribution in [0.1, 0.15) is 34.9 Å². The van der Waals surface area contributed by atoms with Crippen molar-refractivity contribution in [3.05, 3.63) is 50.7 Å². The first-order valence-corrected chi connectivity index (χ1v) is 7.60. The second kappa shape index (κ2) is 5.53. The normalized spacial score (nSPS) is 18.1. The molecule has 2 aromatic rings. The maximum absolute atomic E-state index is 10.0. The average Bonchev–Trinajstić information content (AvgIpc) is 2.83. The summed E-state index contributed by atoms with van der Waals surface area (Å²) in [6.45, 7) is 0.520. The molecule has 1 N–H and O–H groups in total. The molecule has 0 spiro atoms. The van der Waals surface area contributed by atoms with E-state index < -0.39 is 0 Å². The summed E-state index contributed by atoms with van der Waals surface area (Å²) < 4.78 is 6.54. The van der Waals surface area contributed by atoms with Crippen molar-refractivity contribution in [3.8, 4) is 5.75 Å². The molecule has 0 radical (unpaired) electrons. The Bertz CT molecular complexity index is 579. The van der Waals surface area contributed by atoms with Crippen LogP contribution >= 0.6 is 22.9 Å². The third-order valence-corrected chi connectivity index (χ3v) is 4.61. The van der Waals surface area contributed by atoms with E-state index in [0.717, 1.165) is 39.8 Å². The molecule has 0 saturated heterocycles. The van der Waals surface area contributed by atoms with Crippen LogP contribution in [0, 0.1) is 0 Å². The molecule has 1 aliphatic rings. The summed E-state index contributed by atoms with van der Waals surface area (Å²) >= 11 is 7.41. The van der Waals surface area contributed by atoms with Gasteiger partial charge in [0, 0.05) is 4.88 Å². The Morgan fingerprint density at radius 3 is 3.00 bits per heavy atom. The van der Waals surface area contributed by atoms with E-state index in [0.29, 0.717) is 6.61 Å². The van der Waals surface area contributed by atoms with Crippen molar-refractivity contribution < 1.29 is 9.84 Å². The molecule has 0 fully saturated rings. The van der Waals surface area contributed by atoms with Crippen molar-refractivity contribution in [1.82, 2.24) is 0 Å². The van der Waals surface area contributed by atoms with Crippen molar-refractivity contribution in [2.45, 2.75) is 32.0 Å². The summed E-state index contributed by atoms with van der Waals surface area (Å²) in [6, 6.07) is 9.86. The number of benzene rings is 1. The fourth-order valence-corrected chi connectivity index (χ4v) is 3.43. The van der Waals surface area contributed by atoms with Gasteiger partial charge in [-0.2, -0.15) is 0 Å². The molecule has 3 rings (SSSR count). The summed E-state index contributed by atoms with van der Waals surface area (Å²) in [5.74, 6) is 0.809. The molecule has 1 aromatic carbocycles. The van der Waals surface area contributed by atoms with Crippen LogP contribution in [0.4, 0.5) is 0 Å². The minimum Gasteiger partial charge on any atom is -0.488 e. The molecule has 1 aliphatic carbocycles. The van der Waals surface area contributed by atoms with Crippen molar-refractivity contribution in [2.24, 2.45) is 0 Å². The van der Waals surface area contributed by atoms with Gasteiger partial charge in [-0.05, 0) is 54.7 Å². The summed E-state index contributed by atoms with van der Waals surface area (Å²) in [7, 11) is 0. The highest BCUT2D eigenvalue weighted by Crippen LogP contribution is 2.32. The highest BCUT2D eigenvalue weighted by molar-refractivity contribution is 7.16. The second-order valence-corrected chi connectivity index (χ2v) is 6.56. The summed E-state index contributed by atoms with van der Waals surface area (Å²) in [5, 5.41) is 10.0. The monoisotopic (exact) mass is 294 g/mol. The lowest BCUT2D eigenvalue weighted by molar-refractivity contribution is 0.156. The van der Waals surface area contributed by atoms with Gasteiger partial charge in [-0.15, -0.1) is 11.3 Å². The average molecular weight is 295 g/mol. The zero-order chi connectivity index (χ0) is 13.2. The standard InChI is InChI=1S/C15H15ClO2S/c16-15-7-6-12(19-15)9-18-11-5-4-10-2-1-3-14(17)13(10)8-11/h4-8,14,17H,1-3,9H2. The molecule has 0 saturated carbocycles. The molecule has 1 heterocycles. The quantitative estimate of drug-likeness (QED) is 0.912. The Morgan fingerprint density at radius 1 is 1.32 bits per heavy atom. The first-order chi connectivity index (χ1) is 9.22. The molecule has 1 atom stereocenters. The lowest BCUT2D eigenvalue weighted by atomic mass is 9.89. The first kappa shape index (κ1) is 13.0. The number of fused-ring (bicyclic) bond motifs is 1. The van der Waals surface area contributed by atoms with E-state index >= 15 is 0 Å². The predicted octanol–water partition coefficient (Wildman–Crippen LogP) is 4.35. The third-order valence-electron chi connectivity index (χ3n) is 3.41. The van der Waals surface area contributed by atoms with Crippen LogP contribution in [0.15, 0.2) is 30.3 Å². The molecular weight excluding hydrogens is 280 g/mol. The van der Waals surface area contributed by atoms with Crippen LogP contribution in [0.2, 0.25) is 4.34 Å². The minimum absolute atomic E-state index is 0.344. The molecule has 4 heteroatoms. The summed E-state index contributed by atoms with van der Waals surface area (Å²) in [6.07, 6.45) is 2.61. The fourth-order valence-electron chi connectivity index (χ4n) is 2.43. The molecule has 2 nitrogen and oxygen atoms in total. The highest BCUT2D eigenvalue weighted by Gasteiger charge is 2.18. The van der Waals surface area contributed by atoms with Gasteiger partial charge in [0.15, 0.2) is 0 Å². The molecule has 0 aliphatic heterocycles. The van der Waals surface area contributed by atoms with E-state index in [1.807, 2.05) is 24.3 Å². The zero-order valence-corrected chi connectivity index (χ0v) is 12.0. The van der Waals surface area contributed by atoms with E-state index in [9.17, 15) is 5.11 Å². The molecule has 0 bridgehead atoms. The molecule has 19 heavy (non-hydrogen) atoms. The molecule has 0 amide bonds. The van der Waals surface area contributed by atoms with Gasteiger partial charge < -0.3 is 9.84 Å². The Balaban J connectivity index is 1.73. The fraction of sp³-hybridized carbons (Fsp3) is 0.333. The van der Waals surface area contributed by atoms with Crippen LogP contribution < -0.4 is 4.74 Å². The lowest BCUT2D eigenvalue weighted by Crippen LogP contribution is -2.09. The van der Waals surface area contributed by atoms with Gasteiger partial charge in [-0.3, -0.25) is 0 Å². The van der Waals surface area contributed by atoms with E-state index in [-0.39, 0.29) is 6.10 Å². The lowest BCUT2D eigenvalue weighted by Gasteiger charge is -2.21. The van der Waals surface area contributed by atoms with Gasteiger partial charge in [0.25, 0.3) is 0 Å². The largest absolute Gasteiger partial charge is 0.488 e. The Labute approximate surface area is 121 Å². The number of aliphatic hydroxyl groups excluding tert-OH is 1. The topological polar surface area (TPSA) is 29.5 Å². The van der Waals surface area contributed by atoms with Crippen molar-refractivity contribution >= 4 is 22.9 Å². The van der Waals surface area contributed by atoms with Crippen molar-refractivity contribution in [2.75, 3.05) is 0 Å². The van der Waals surface area contributed by atoms with Crippen molar-refractivity contribution in [1.29, 1.82) is 0 Å². The highest BCUT2D eigenvalue weighted by atomic mass is 35.5. The van der Waals surface area contributed by atoms with Gasteiger partial charge in [-0.1, -0.05) is 17.7 Å². The molecule has 1 aromatic heterocycles. The van der Waals surface area contributed by atoms with Crippen molar-refractivity contribution in [3.63, 3.8) is 0 Å². The number of thiophene rings is 1. The maximum Gasteiger partial charge on any atom is 0.122 e. The number of aliphatic hydroxyl groups is 1. The predicted molar refractivity (Wildman–Crippen MR) is 78.0 cm³/mol. The van der Waals surface area contributed by atoms with E-state index in [1.165, 1.54) is 16.9 Å². The minimum atomic E-state index is -0.344. The number of hydrogen-bond acceptors (Lipinski definition) is 3. The smallest absolute Gasteiger partial charge is 0.122 e. The van der Waals surface area contributed by atoms with Crippen LogP contribution in [-0.2, 0) is 13.0 Å².